The fourth-order valence-corrected chi connectivity index (χ4v) is 10.4. The SMILES string of the molecule is Cc1cc(N(c2cccc(-c3ccccc3)c2)c2ccc3c(c2)C(C)(C)c2ccccc2-3)cc(C2(c3ccc(-c4ccccc4)cc3)c3ccccc3-c3ccccc32)c1. The molecule has 286 valence electrons. The van der Waals surface area contributed by atoms with Gasteiger partial charge in [0.25, 0.3) is 0 Å². The Kier molecular flexibility index (Phi) is 8.36. The van der Waals surface area contributed by atoms with Gasteiger partial charge in [-0.1, -0.05) is 196 Å². The number of benzene rings is 9. The lowest BCUT2D eigenvalue weighted by molar-refractivity contribution is 0.660. The summed E-state index contributed by atoms with van der Waals surface area (Å²) < 4.78 is 0. The van der Waals surface area contributed by atoms with Gasteiger partial charge in [-0.25, -0.2) is 0 Å². The molecule has 2 aliphatic rings. The fourth-order valence-electron chi connectivity index (χ4n) is 10.4. The summed E-state index contributed by atoms with van der Waals surface area (Å²) in [6.07, 6.45) is 0. The molecule has 0 saturated heterocycles. The maximum Gasteiger partial charge on any atom is 0.0714 e. The molecule has 0 heterocycles. The van der Waals surface area contributed by atoms with E-state index in [1.807, 2.05) is 0 Å². The molecular weight excluding hydrogens is 723 g/mol. The Labute approximate surface area is 353 Å². The Morgan fingerprint density at radius 3 is 1.47 bits per heavy atom. The van der Waals surface area contributed by atoms with E-state index >= 15 is 0 Å². The number of hydrogen-bond donors (Lipinski definition) is 0. The van der Waals surface area contributed by atoms with E-state index in [-0.39, 0.29) is 5.41 Å². The van der Waals surface area contributed by atoms with Gasteiger partial charge < -0.3 is 4.90 Å². The second kappa shape index (κ2) is 14.0. The molecule has 0 saturated carbocycles. The molecule has 0 bridgehead atoms. The van der Waals surface area contributed by atoms with Gasteiger partial charge in [-0.15, -0.1) is 0 Å². The van der Waals surface area contributed by atoms with E-state index in [2.05, 4.69) is 244 Å². The molecule has 0 aliphatic heterocycles. The van der Waals surface area contributed by atoms with Gasteiger partial charge >= 0.3 is 0 Å². The van der Waals surface area contributed by atoms with Crippen molar-refractivity contribution in [1.29, 1.82) is 0 Å². The van der Waals surface area contributed by atoms with Gasteiger partial charge in [0.15, 0.2) is 0 Å². The number of fused-ring (bicyclic) bond motifs is 6. The lowest BCUT2D eigenvalue weighted by Gasteiger charge is -2.36. The summed E-state index contributed by atoms with van der Waals surface area (Å²) in [6, 6.07) is 81.2. The van der Waals surface area contributed by atoms with Gasteiger partial charge in [0.1, 0.15) is 0 Å². The molecule has 0 amide bonds. The molecular formula is C59H45N. The van der Waals surface area contributed by atoms with Crippen molar-refractivity contribution in [1.82, 2.24) is 0 Å². The standard InChI is InChI=1S/C59H45N/c1-40-35-46(59(45-31-29-43(30-32-45)41-17-6-4-7-18-41)55-27-14-11-24-51(55)52-25-12-15-28-56(52)59)38-49(36-40)60(47-22-16-21-44(37-47)42-19-8-5-9-20-42)48-33-34-53-50-23-10-13-26-54(50)58(2,3)57(53)39-48/h4-39H,1-3H3. The first kappa shape index (κ1) is 35.9. The van der Waals surface area contributed by atoms with Gasteiger partial charge in [-0.2, -0.15) is 0 Å². The second-order valence-electron chi connectivity index (χ2n) is 17.0. The Balaban J connectivity index is 1.16. The first-order valence-corrected chi connectivity index (χ1v) is 21.1. The van der Waals surface area contributed by atoms with E-state index in [1.165, 1.54) is 83.5 Å². The largest absolute Gasteiger partial charge is 0.310 e. The smallest absolute Gasteiger partial charge is 0.0714 e. The number of anilines is 3. The summed E-state index contributed by atoms with van der Waals surface area (Å²) in [7, 11) is 0. The minimum atomic E-state index is -0.553. The number of aryl methyl sites for hydroxylation is 1. The van der Waals surface area contributed by atoms with Gasteiger partial charge in [0, 0.05) is 22.5 Å². The Hall–Kier alpha value is -7.22. The van der Waals surface area contributed by atoms with E-state index in [9.17, 15) is 0 Å². The van der Waals surface area contributed by atoms with Crippen molar-refractivity contribution in [3.05, 3.63) is 257 Å². The predicted octanol–water partition coefficient (Wildman–Crippen LogP) is 15.5. The van der Waals surface area contributed by atoms with E-state index in [4.69, 9.17) is 0 Å². The molecule has 60 heavy (non-hydrogen) atoms. The molecule has 1 nitrogen and oxygen atoms in total. The molecule has 11 rings (SSSR count). The van der Waals surface area contributed by atoms with E-state index < -0.39 is 5.41 Å². The van der Waals surface area contributed by atoms with E-state index in [0.717, 1.165) is 17.1 Å². The van der Waals surface area contributed by atoms with Crippen LogP contribution in [0.15, 0.2) is 218 Å². The van der Waals surface area contributed by atoms with Crippen LogP contribution in [-0.2, 0) is 10.8 Å². The van der Waals surface area contributed by atoms with Crippen LogP contribution in [0.25, 0.3) is 44.5 Å². The van der Waals surface area contributed by atoms with Crippen molar-refractivity contribution in [2.45, 2.75) is 31.6 Å². The molecule has 0 spiro atoms. The molecule has 0 atom stereocenters. The van der Waals surface area contributed by atoms with Crippen LogP contribution in [-0.4, -0.2) is 0 Å². The normalized spacial score (nSPS) is 13.8. The van der Waals surface area contributed by atoms with Crippen LogP contribution in [0, 0.1) is 6.92 Å². The molecule has 0 N–H and O–H groups in total. The van der Waals surface area contributed by atoms with Crippen LogP contribution in [0.5, 0.6) is 0 Å². The Bertz CT molecular complexity index is 3020. The average molecular weight is 768 g/mol. The summed E-state index contributed by atoms with van der Waals surface area (Å²) in [5, 5.41) is 0. The second-order valence-corrected chi connectivity index (χ2v) is 17.0. The molecule has 0 aromatic heterocycles. The third-order valence-corrected chi connectivity index (χ3v) is 13.2. The summed E-state index contributed by atoms with van der Waals surface area (Å²) in [6.45, 7) is 7.00. The van der Waals surface area contributed by atoms with Crippen LogP contribution >= 0.6 is 0 Å². The lowest BCUT2D eigenvalue weighted by Crippen LogP contribution is -2.29. The van der Waals surface area contributed by atoms with Crippen molar-refractivity contribution < 1.29 is 0 Å². The van der Waals surface area contributed by atoms with Crippen molar-refractivity contribution in [3.8, 4) is 44.5 Å². The zero-order chi connectivity index (χ0) is 40.4. The number of rotatable bonds is 7. The van der Waals surface area contributed by atoms with Crippen LogP contribution < -0.4 is 4.90 Å². The molecule has 1 heteroatoms. The third kappa shape index (κ3) is 5.53. The van der Waals surface area contributed by atoms with Crippen molar-refractivity contribution in [3.63, 3.8) is 0 Å². The fraction of sp³-hybridized carbons (Fsp3) is 0.0847. The predicted molar refractivity (Wildman–Crippen MR) is 252 cm³/mol. The first-order chi connectivity index (χ1) is 29.4. The topological polar surface area (TPSA) is 3.24 Å². The summed E-state index contributed by atoms with van der Waals surface area (Å²) in [5.41, 5.74) is 21.8. The molecule has 0 fully saturated rings. The highest BCUT2D eigenvalue weighted by molar-refractivity contribution is 5.89. The number of hydrogen-bond acceptors (Lipinski definition) is 1. The minimum absolute atomic E-state index is 0.134. The lowest BCUT2D eigenvalue weighted by atomic mass is 9.67. The van der Waals surface area contributed by atoms with Gasteiger partial charge in [-0.05, 0) is 127 Å². The van der Waals surface area contributed by atoms with Crippen molar-refractivity contribution >= 4 is 17.1 Å². The van der Waals surface area contributed by atoms with E-state index in [0.29, 0.717) is 0 Å². The maximum absolute atomic E-state index is 2.49. The van der Waals surface area contributed by atoms with Crippen LogP contribution in [0.2, 0.25) is 0 Å². The zero-order valence-electron chi connectivity index (χ0n) is 34.2. The monoisotopic (exact) mass is 767 g/mol. The van der Waals surface area contributed by atoms with Crippen molar-refractivity contribution in [2.24, 2.45) is 0 Å². The summed E-state index contributed by atoms with van der Waals surface area (Å²) >= 11 is 0. The zero-order valence-corrected chi connectivity index (χ0v) is 34.2. The van der Waals surface area contributed by atoms with Gasteiger partial charge in [0.2, 0.25) is 0 Å². The average Bonchev–Trinajstić information content (AvgIpc) is 3.73. The van der Waals surface area contributed by atoms with Crippen molar-refractivity contribution in [2.75, 3.05) is 4.90 Å². The number of nitrogens with zero attached hydrogens (tertiary/aromatic N) is 1. The maximum atomic E-state index is 2.49. The molecule has 0 unspecified atom stereocenters. The van der Waals surface area contributed by atoms with Crippen LogP contribution in [0.1, 0.15) is 52.8 Å². The minimum Gasteiger partial charge on any atom is -0.310 e. The van der Waals surface area contributed by atoms with Gasteiger partial charge in [0.05, 0.1) is 5.41 Å². The molecule has 9 aromatic carbocycles. The quantitative estimate of drug-likeness (QED) is 0.156. The molecule has 2 aliphatic carbocycles. The molecule has 9 aromatic rings. The molecule has 0 radical (unpaired) electrons. The summed E-state index contributed by atoms with van der Waals surface area (Å²) in [4.78, 5) is 2.49. The van der Waals surface area contributed by atoms with Gasteiger partial charge in [-0.3, -0.25) is 0 Å². The van der Waals surface area contributed by atoms with E-state index in [1.54, 1.807) is 0 Å². The Morgan fingerprint density at radius 1 is 0.317 bits per heavy atom. The highest BCUT2D eigenvalue weighted by atomic mass is 15.1. The summed E-state index contributed by atoms with van der Waals surface area (Å²) in [5.74, 6) is 0. The van der Waals surface area contributed by atoms with Crippen LogP contribution in [0.4, 0.5) is 17.1 Å². The highest BCUT2D eigenvalue weighted by Gasteiger charge is 2.46. The first-order valence-electron chi connectivity index (χ1n) is 21.1. The highest BCUT2D eigenvalue weighted by Crippen LogP contribution is 2.57. The van der Waals surface area contributed by atoms with Crippen LogP contribution in [0.3, 0.4) is 0 Å². The Morgan fingerprint density at radius 2 is 0.817 bits per heavy atom. The third-order valence-electron chi connectivity index (χ3n) is 13.2.